The smallest absolute Gasteiger partial charge is 0.185 e. The first-order valence-electron chi connectivity index (χ1n) is 10.3. The molecule has 0 N–H and O–H groups in total. The number of rotatable bonds is 4. The minimum Gasteiger partial charge on any atom is -0.497 e. The van der Waals surface area contributed by atoms with Gasteiger partial charge >= 0.3 is 0 Å². The zero-order chi connectivity index (χ0) is 21.6. The molecular formula is C20H25N9O2. The minimum atomic E-state index is -0.282. The summed E-state index contributed by atoms with van der Waals surface area (Å²) in [7, 11) is 1.65. The van der Waals surface area contributed by atoms with Crippen LogP contribution in [0.3, 0.4) is 0 Å². The highest BCUT2D eigenvalue weighted by Crippen LogP contribution is 2.34. The van der Waals surface area contributed by atoms with Crippen molar-refractivity contribution < 1.29 is 9.47 Å². The maximum Gasteiger partial charge on any atom is 0.185 e. The van der Waals surface area contributed by atoms with Gasteiger partial charge in [0, 0.05) is 30.1 Å². The summed E-state index contributed by atoms with van der Waals surface area (Å²) in [5.74, 6) is 1.51. The normalized spacial score (nSPS) is 16.8. The summed E-state index contributed by atoms with van der Waals surface area (Å²) >= 11 is 0. The van der Waals surface area contributed by atoms with Gasteiger partial charge in [0.15, 0.2) is 11.5 Å². The monoisotopic (exact) mass is 423 g/mol. The number of ether oxygens (including phenoxy) is 2. The van der Waals surface area contributed by atoms with E-state index < -0.39 is 0 Å². The van der Waals surface area contributed by atoms with E-state index in [0.717, 1.165) is 41.1 Å². The van der Waals surface area contributed by atoms with Crippen LogP contribution in [0.5, 0.6) is 5.75 Å². The highest BCUT2D eigenvalue weighted by molar-refractivity contribution is 5.84. The molecule has 0 amide bonds. The van der Waals surface area contributed by atoms with Crippen molar-refractivity contribution in [2.45, 2.75) is 32.4 Å². The van der Waals surface area contributed by atoms with E-state index >= 15 is 0 Å². The van der Waals surface area contributed by atoms with Crippen molar-refractivity contribution in [1.82, 2.24) is 45.1 Å². The molecule has 4 aromatic rings. The van der Waals surface area contributed by atoms with Crippen LogP contribution >= 0.6 is 0 Å². The molecule has 1 aliphatic heterocycles. The van der Waals surface area contributed by atoms with Gasteiger partial charge < -0.3 is 9.47 Å². The Labute approximate surface area is 178 Å². The Hall–Kier alpha value is -3.18. The third-order valence-electron chi connectivity index (χ3n) is 5.58. The molecule has 0 bridgehead atoms. The van der Waals surface area contributed by atoms with Crippen LogP contribution in [0.4, 0.5) is 0 Å². The average molecular weight is 423 g/mol. The number of aromatic nitrogens is 8. The van der Waals surface area contributed by atoms with Crippen molar-refractivity contribution in [3.63, 3.8) is 0 Å². The molecule has 1 aliphatic rings. The summed E-state index contributed by atoms with van der Waals surface area (Å²) in [6.07, 6.45) is 0. The van der Waals surface area contributed by atoms with Gasteiger partial charge in [-0.1, -0.05) is 0 Å². The van der Waals surface area contributed by atoms with E-state index in [0.29, 0.717) is 18.9 Å². The number of fused-ring (bicyclic) bond motifs is 3. The summed E-state index contributed by atoms with van der Waals surface area (Å²) in [6, 6.07) is 7.79. The van der Waals surface area contributed by atoms with Crippen molar-refractivity contribution in [3.05, 3.63) is 35.7 Å². The number of nitrogens with zero attached hydrogens (tertiary/aromatic N) is 9. The van der Waals surface area contributed by atoms with Gasteiger partial charge in [0.25, 0.3) is 0 Å². The maximum atomic E-state index is 5.61. The largest absolute Gasteiger partial charge is 0.497 e. The van der Waals surface area contributed by atoms with E-state index in [1.54, 1.807) is 11.6 Å². The second-order valence-corrected chi connectivity index (χ2v) is 8.61. The van der Waals surface area contributed by atoms with Crippen LogP contribution < -0.4 is 4.74 Å². The lowest BCUT2D eigenvalue weighted by atomic mass is 10.0. The van der Waals surface area contributed by atoms with Crippen LogP contribution in [0.2, 0.25) is 0 Å². The van der Waals surface area contributed by atoms with Gasteiger partial charge in [-0.15, -0.1) is 10.2 Å². The first-order chi connectivity index (χ1) is 15.0. The summed E-state index contributed by atoms with van der Waals surface area (Å²) in [6.45, 7) is 9.09. The fourth-order valence-corrected chi connectivity index (χ4v) is 4.10. The zero-order valence-electron chi connectivity index (χ0n) is 18.1. The van der Waals surface area contributed by atoms with Gasteiger partial charge in [-0.2, -0.15) is 4.52 Å². The van der Waals surface area contributed by atoms with Crippen LogP contribution in [0.25, 0.3) is 16.6 Å². The predicted molar refractivity (Wildman–Crippen MR) is 112 cm³/mol. The number of pyridine rings is 1. The van der Waals surface area contributed by atoms with E-state index in [2.05, 4.69) is 62.8 Å². The summed E-state index contributed by atoms with van der Waals surface area (Å²) in [4.78, 5) is 2.33. The van der Waals surface area contributed by atoms with Gasteiger partial charge in [0.1, 0.15) is 11.8 Å². The maximum absolute atomic E-state index is 5.61. The predicted octanol–water partition coefficient (Wildman–Crippen LogP) is 1.45. The van der Waals surface area contributed by atoms with E-state index in [-0.39, 0.29) is 11.6 Å². The van der Waals surface area contributed by atoms with E-state index in [9.17, 15) is 0 Å². The molecule has 5 rings (SSSR count). The average Bonchev–Trinajstić information content (AvgIpc) is 3.44. The Morgan fingerprint density at radius 2 is 1.81 bits per heavy atom. The number of morpholine rings is 1. The third-order valence-corrected chi connectivity index (χ3v) is 5.58. The summed E-state index contributed by atoms with van der Waals surface area (Å²) < 4.78 is 14.6. The Bertz CT molecular complexity index is 1220. The number of hydrogen-bond acceptors (Lipinski definition) is 9. The molecule has 0 unspecified atom stereocenters. The van der Waals surface area contributed by atoms with Crippen molar-refractivity contribution in [3.8, 4) is 5.75 Å². The number of methoxy groups -OCH3 is 1. The van der Waals surface area contributed by atoms with Gasteiger partial charge in [0.2, 0.25) is 0 Å². The van der Waals surface area contributed by atoms with Gasteiger partial charge in [-0.3, -0.25) is 4.90 Å². The van der Waals surface area contributed by atoms with Gasteiger partial charge in [-0.05, 0) is 59.8 Å². The molecule has 162 valence electrons. The van der Waals surface area contributed by atoms with Gasteiger partial charge in [-0.25, -0.2) is 4.68 Å². The molecule has 11 nitrogen and oxygen atoms in total. The lowest BCUT2D eigenvalue weighted by Gasteiger charge is -2.35. The molecule has 3 aromatic heterocycles. The molecule has 31 heavy (non-hydrogen) atoms. The molecule has 0 aliphatic carbocycles. The summed E-state index contributed by atoms with van der Waals surface area (Å²) in [5.41, 5.74) is 2.21. The topological polar surface area (TPSA) is 108 Å². The fraction of sp³-hybridized carbons (Fsp3) is 0.500. The van der Waals surface area contributed by atoms with Crippen LogP contribution in [0, 0.1) is 0 Å². The second-order valence-electron chi connectivity index (χ2n) is 8.61. The zero-order valence-corrected chi connectivity index (χ0v) is 18.1. The molecule has 1 saturated heterocycles. The van der Waals surface area contributed by atoms with Crippen LogP contribution in [0.15, 0.2) is 24.3 Å². The van der Waals surface area contributed by atoms with E-state index in [1.165, 1.54) is 0 Å². The van der Waals surface area contributed by atoms with Crippen molar-refractivity contribution in [2.24, 2.45) is 0 Å². The lowest BCUT2D eigenvalue weighted by molar-refractivity contribution is 0.0210. The molecule has 1 atom stereocenters. The standard InChI is InChI=1S/C20H25N9O2/c1-20(2,3)29-19(22-24-26-29)17(27-7-9-31-10-8-27)15-11-13-5-6-14(30-4)12-16(13)28-18(15)21-23-25-28/h5-6,11-12,17H,7-10H2,1-4H3/t17-/m0/s1. The lowest BCUT2D eigenvalue weighted by Crippen LogP contribution is -2.42. The first-order valence-corrected chi connectivity index (χ1v) is 10.3. The molecule has 0 radical (unpaired) electrons. The van der Waals surface area contributed by atoms with Crippen LogP contribution in [-0.4, -0.2) is 78.6 Å². The number of tetrazole rings is 2. The van der Waals surface area contributed by atoms with Crippen molar-refractivity contribution in [1.29, 1.82) is 0 Å². The van der Waals surface area contributed by atoms with Crippen molar-refractivity contribution >= 4 is 16.6 Å². The molecule has 0 spiro atoms. The van der Waals surface area contributed by atoms with Crippen LogP contribution in [-0.2, 0) is 10.3 Å². The molecule has 1 aromatic carbocycles. The Morgan fingerprint density at radius 3 is 2.55 bits per heavy atom. The second kappa shape index (κ2) is 7.50. The number of hydrogen-bond donors (Lipinski definition) is 0. The Balaban J connectivity index is 1.76. The van der Waals surface area contributed by atoms with Crippen LogP contribution in [0.1, 0.15) is 38.2 Å². The Morgan fingerprint density at radius 1 is 1.03 bits per heavy atom. The molecule has 0 saturated carbocycles. The highest BCUT2D eigenvalue weighted by atomic mass is 16.5. The summed E-state index contributed by atoms with van der Waals surface area (Å²) in [5, 5.41) is 26.4. The fourth-order valence-electron chi connectivity index (χ4n) is 4.10. The molecular weight excluding hydrogens is 398 g/mol. The van der Waals surface area contributed by atoms with Gasteiger partial charge in [0.05, 0.1) is 31.4 Å². The Kier molecular flexibility index (Phi) is 4.78. The highest BCUT2D eigenvalue weighted by Gasteiger charge is 2.34. The molecule has 11 heteroatoms. The third kappa shape index (κ3) is 3.39. The first kappa shape index (κ1) is 19.8. The van der Waals surface area contributed by atoms with Crippen molar-refractivity contribution in [2.75, 3.05) is 33.4 Å². The quantitative estimate of drug-likeness (QED) is 0.482. The number of benzene rings is 1. The van der Waals surface area contributed by atoms with E-state index in [1.807, 2.05) is 22.9 Å². The SMILES string of the molecule is COc1ccc2cc([C@@H](c3nnnn3C(C)(C)C)N3CCOCC3)c3nnnn3c2c1. The molecule has 1 fully saturated rings. The minimum absolute atomic E-state index is 0.224. The van der Waals surface area contributed by atoms with E-state index in [4.69, 9.17) is 9.47 Å². The molecule has 4 heterocycles.